The number of nitrogens with zero attached hydrogens (tertiary/aromatic N) is 3. The minimum atomic E-state index is 0.0711. The second-order valence-corrected chi connectivity index (χ2v) is 7.94. The van der Waals surface area contributed by atoms with Gasteiger partial charge in [0.05, 0.1) is 0 Å². The Morgan fingerprint density at radius 2 is 1.67 bits per heavy atom. The number of rotatable bonds is 4. The summed E-state index contributed by atoms with van der Waals surface area (Å²) in [5, 5.41) is 21.3. The SMILES string of the molecule is CCCn1c2ccccc2c2cc(/C=C/C3=CC(=C(C#N)C#N)c4ccccc4O3)ccc21. The van der Waals surface area contributed by atoms with Crippen LogP contribution in [0.1, 0.15) is 24.5 Å². The van der Waals surface area contributed by atoms with Crippen molar-refractivity contribution in [1.82, 2.24) is 4.57 Å². The Balaban J connectivity index is 1.56. The fraction of sp³-hybridized carbons (Fsp3) is 0.103. The molecule has 1 aliphatic heterocycles. The third-order valence-corrected chi connectivity index (χ3v) is 5.87. The van der Waals surface area contributed by atoms with Crippen LogP contribution in [0, 0.1) is 22.7 Å². The highest BCUT2D eigenvalue weighted by atomic mass is 16.5. The maximum Gasteiger partial charge on any atom is 0.137 e. The largest absolute Gasteiger partial charge is 0.457 e. The lowest BCUT2D eigenvalue weighted by Gasteiger charge is -2.18. The zero-order valence-electron chi connectivity index (χ0n) is 18.2. The first kappa shape index (κ1) is 20.4. The summed E-state index contributed by atoms with van der Waals surface area (Å²) in [5.74, 6) is 1.22. The molecule has 0 N–H and O–H groups in total. The molecule has 4 heteroatoms. The van der Waals surface area contributed by atoms with Gasteiger partial charge in [-0.1, -0.05) is 55.5 Å². The van der Waals surface area contributed by atoms with Crippen LogP contribution in [0.25, 0.3) is 33.5 Å². The summed E-state index contributed by atoms with van der Waals surface area (Å²) in [6.07, 6.45) is 6.72. The summed E-state index contributed by atoms with van der Waals surface area (Å²) in [5.41, 5.74) is 4.94. The molecule has 0 saturated heterocycles. The second kappa shape index (κ2) is 8.54. The normalized spacial score (nSPS) is 12.8. The van der Waals surface area contributed by atoms with Gasteiger partial charge in [0.1, 0.15) is 29.2 Å². The number of nitriles is 2. The van der Waals surface area contributed by atoms with Crippen molar-refractivity contribution < 1.29 is 4.74 Å². The molecule has 3 aromatic carbocycles. The zero-order chi connectivity index (χ0) is 22.8. The average molecular weight is 428 g/mol. The molecule has 0 aliphatic carbocycles. The number of aromatic nitrogens is 1. The molecule has 0 amide bonds. The highest BCUT2D eigenvalue weighted by Gasteiger charge is 2.18. The number of ether oxygens (including phenoxy) is 1. The third kappa shape index (κ3) is 3.59. The molecular weight excluding hydrogens is 406 g/mol. The Morgan fingerprint density at radius 1 is 0.909 bits per heavy atom. The summed E-state index contributed by atoms with van der Waals surface area (Å²) in [7, 11) is 0. The van der Waals surface area contributed by atoms with Crippen LogP contribution in [-0.4, -0.2) is 4.57 Å². The van der Waals surface area contributed by atoms with Crippen LogP contribution in [0.15, 0.2) is 90.2 Å². The van der Waals surface area contributed by atoms with E-state index in [2.05, 4.69) is 54.0 Å². The maximum atomic E-state index is 9.40. The molecule has 0 atom stereocenters. The number of allylic oxidation sites excluding steroid dienone is 4. The molecule has 158 valence electrons. The first-order chi connectivity index (χ1) is 16.2. The second-order valence-electron chi connectivity index (χ2n) is 7.94. The van der Waals surface area contributed by atoms with E-state index in [0.717, 1.165) is 24.1 Å². The van der Waals surface area contributed by atoms with Gasteiger partial charge in [-0.05, 0) is 48.4 Å². The summed E-state index contributed by atoms with van der Waals surface area (Å²) in [4.78, 5) is 0. The highest BCUT2D eigenvalue weighted by molar-refractivity contribution is 6.08. The topological polar surface area (TPSA) is 61.7 Å². The number of para-hydroxylation sites is 2. The number of hydrogen-bond donors (Lipinski definition) is 0. The number of aryl methyl sites for hydroxylation is 1. The molecule has 0 bridgehead atoms. The first-order valence-corrected chi connectivity index (χ1v) is 11.0. The van der Waals surface area contributed by atoms with E-state index in [4.69, 9.17) is 4.74 Å². The van der Waals surface area contributed by atoms with Crippen LogP contribution in [0.5, 0.6) is 5.75 Å². The molecule has 0 radical (unpaired) electrons. The molecule has 2 heterocycles. The lowest BCUT2D eigenvalue weighted by molar-refractivity contribution is 0.439. The van der Waals surface area contributed by atoms with Gasteiger partial charge in [-0.15, -0.1) is 0 Å². The quantitative estimate of drug-likeness (QED) is 0.330. The number of hydrogen-bond acceptors (Lipinski definition) is 3. The van der Waals surface area contributed by atoms with Crippen LogP contribution in [0.4, 0.5) is 0 Å². The maximum absolute atomic E-state index is 9.40. The van der Waals surface area contributed by atoms with Gasteiger partial charge in [0.15, 0.2) is 0 Å². The zero-order valence-corrected chi connectivity index (χ0v) is 18.2. The minimum absolute atomic E-state index is 0.0711. The Kier molecular flexibility index (Phi) is 5.27. The monoisotopic (exact) mass is 427 g/mol. The van der Waals surface area contributed by atoms with E-state index in [9.17, 15) is 10.5 Å². The Hall–Kier alpha value is -4.54. The Bertz CT molecular complexity index is 1550. The molecule has 5 rings (SSSR count). The molecule has 1 aliphatic rings. The van der Waals surface area contributed by atoms with Crippen molar-refractivity contribution in [1.29, 1.82) is 10.5 Å². The van der Waals surface area contributed by atoms with Crippen molar-refractivity contribution in [2.24, 2.45) is 0 Å². The van der Waals surface area contributed by atoms with E-state index in [1.807, 2.05) is 48.6 Å². The summed E-state index contributed by atoms with van der Waals surface area (Å²) < 4.78 is 8.41. The van der Waals surface area contributed by atoms with Crippen LogP contribution >= 0.6 is 0 Å². The van der Waals surface area contributed by atoms with Crippen molar-refractivity contribution >= 4 is 33.5 Å². The van der Waals surface area contributed by atoms with E-state index >= 15 is 0 Å². The molecule has 0 spiro atoms. The predicted octanol–water partition coefficient (Wildman–Crippen LogP) is 6.99. The molecule has 33 heavy (non-hydrogen) atoms. The smallest absolute Gasteiger partial charge is 0.137 e. The molecule has 0 fully saturated rings. The average Bonchev–Trinajstić information content (AvgIpc) is 3.17. The van der Waals surface area contributed by atoms with Crippen molar-refractivity contribution in [3.63, 3.8) is 0 Å². The van der Waals surface area contributed by atoms with Crippen molar-refractivity contribution in [2.45, 2.75) is 19.9 Å². The Labute approximate surface area is 192 Å². The summed E-state index contributed by atoms with van der Waals surface area (Å²) in [6.45, 7) is 3.18. The van der Waals surface area contributed by atoms with Gasteiger partial charge in [-0.25, -0.2) is 0 Å². The lowest BCUT2D eigenvalue weighted by Crippen LogP contribution is -2.03. The van der Waals surface area contributed by atoms with Crippen molar-refractivity contribution in [3.05, 3.63) is 101 Å². The number of fused-ring (bicyclic) bond motifs is 4. The fourth-order valence-electron chi connectivity index (χ4n) is 4.41. The van der Waals surface area contributed by atoms with Crippen LogP contribution in [-0.2, 0) is 6.54 Å². The standard InChI is InChI=1S/C29H21N3O/c1-2-15-32-27-9-5-3-7-23(27)26-16-20(12-14-28(26)32)11-13-22-17-25(21(18-30)19-31)24-8-4-6-10-29(24)33-22/h3-14,16-17H,2,15H2,1H3/b13-11+. The Morgan fingerprint density at radius 3 is 2.48 bits per heavy atom. The van der Waals surface area contributed by atoms with Crippen LogP contribution in [0.2, 0.25) is 0 Å². The van der Waals surface area contributed by atoms with E-state index in [0.29, 0.717) is 17.1 Å². The van der Waals surface area contributed by atoms with Gasteiger partial charge in [-0.2, -0.15) is 10.5 Å². The predicted molar refractivity (Wildman–Crippen MR) is 132 cm³/mol. The van der Waals surface area contributed by atoms with Gasteiger partial charge < -0.3 is 9.30 Å². The van der Waals surface area contributed by atoms with E-state index in [1.165, 1.54) is 21.8 Å². The molecule has 0 unspecified atom stereocenters. The third-order valence-electron chi connectivity index (χ3n) is 5.87. The van der Waals surface area contributed by atoms with E-state index < -0.39 is 0 Å². The van der Waals surface area contributed by atoms with Gasteiger partial charge >= 0.3 is 0 Å². The molecule has 4 aromatic rings. The van der Waals surface area contributed by atoms with Gasteiger partial charge in [-0.3, -0.25) is 0 Å². The minimum Gasteiger partial charge on any atom is -0.457 e. The van der Waals surface area contributed by atoms with E-state index in [-0.39, 0.29) is 5.57 Å². The van der Waals surface area contributed by atoms with Crippen molar-refractivity contribution in [2.75, 3.05) is 0 Å². The van der Waals surface area contributed by atoms with Gasteiger partial charge in [0, 0.05) is 39.5 Å². The highest BCUT2D eigenvalue weighted by Crippen LogP contribution is 2.36. The van der Waals surface area contributed by atoms with Gasteiger partial charge in [0.25, 0.3) is 0 Å². The molecular formula is C29H21N3O. The summed E-state index contributed by atoms with van der Waals surface area (Å²) in [6, 6.07) is 26.4. The van der Waals surface area contributed by atoms with Crippen LogP contribution < -0.4 is 4.74 Å². The fourth-order valence-corrected chi connectivity index (χ4v) is 4.41. The molecule has 0 saturated carbocycles. The number of benzene rings is 3. The summed E-state index contributed by atoms with van der Waals surface area (Å²) >= 11 is 0. The lowest BCUT2D eigenvalue weighted by atomic mass is 9.97. The van der Waals surface area contributed by atoms with Crippen molar-refractivity contribution in [3.8, 4) is 17.9 Å². The van der Waals surface area contributed by atoms with Crippen LogP contribution in [0.3, 0.4) is 0 Å². The first-order valence-electron chi connectivity index (χ1n) is 11.0. The molecule has 1 aromatic heterocycles. The van der Waals surface area contributed by atoms with E-state index in [1.54, 1.807) is 6.08 Å². The van der Waals surface area contributed by atoms with Gasteiger partial charge in [0.2, 0.25) is 0 Å². The molecule has 4 nitrogen and oxygen atoms in total.